The zero-order chi connectivity index (χ0) is 27.8. The molecule has 0 saturated carbocycles. The van der Waals surface area contributed by atoms with Crippen LogP contribution in [-0.4, -0.2) is 24.2 Å². The van der Waals surface area contributed by atoms with E-state index in [-0.39, 0.29) is 5.56 Å². The van der Waals surface area contributed by atoms with Crippen molar-refractivity contribution in [2.75, 3.05) is 6.61 Å². The number of aryl methyl sites for hydroxylation is 1. The molecule has 1 N–H and O–H groups in total. The van der Waals surface area contributed by atoms with Crippen LogP contribution in [0.3, 0.4) is 0 Å². The molecule has 0 bridgehead atoms. The van der Waals surface area contributed by atoms with Crippen LogP contribution < -0.4 is 9.47 Å². The molecule has 200 valence electrons. The zero-order valence-corrected chi connectivity index (χ0v) is 22.5. The van der Waals surface area contributed by atoms with Gasteiger partial charge >= 0.3 is 5.97 Å². The molecule has 0 aliphatic heterocycles. The van der Waals surface area contributed by atoms with E-state index in [1.165, 1.54) is 16.5 Å². The molecular formula is C34H34O5. The van der Waals surface area contributed by atoms with Gasteiger partial charge in [-0.25, -0.2) is 4.79 Å². The second kappa shape index (κ2) is 12.9. The molecular weight excluding hydrogens is 488 g/mol. The third-order valence-electron chi connectivity index (χ3n) is 7.02. The number of ether oxygens (including phenoxy) is 2. The minimum absolute atomic E-state index is 0.198. The predicted octanol–water partition coefficient (Wildman–Crippen LogP) is 8.40. The fraction of sp³-hybridized carbons (Fsp3) is 0.235. The fourth-order valence-corrected chi connectivity index (χ4v) is 4.92. The summed E-state index contributed by atoms with van der Waals surface area (Å²) in [5.41, 5.74) is 6.19. The SMILES string of the molecule is C=CCCCOc1ccc2c(CCCC)c(C)c(-c3ccc(-c4ccc(C(=O)O)cc4)c(OC=O)c3)cc2c1. The first-order valence-corrected chi connectivity index (χ1v) is 13.3. The summed E-state index contributed by atoms with van der Waals surface area (Å²) in [6.45, 7) is 9.18. The summed E-state index contributed by atoms with van der Waals surface area (Å²) in [5, 5.41) is 11.6. The molecule has 0 heterocycles. The Balaban J connectivity index is 1.79. The molecule has 0 fully saturated rings. The number of carboxylic acids is 1. The molecule has 0 aromatic heterocycles. The second-order valence-electron chi connectivity index (χ2n) is 9.60. The number of rotatable bonds is 13. The highest BCUT2D eigenvalue weighted by Gasteiger charge is 2.16. The predicted molar refractivity (Wildman–Crippen MR) is 157 cm³/mol. The lowest BCUT2D eigenvalue weighted by molar-refractivity contribution is -0.120. The van der Waals surface area contributed by atoms with Gasteiger partial charge in [0.15, 0.2) is 0 Å². The Morgan fingerprint density at radius 2 is 1.72 bits per heavy atom. The lowest BCUT2D eigenvalue weighted by Crippen LogP contribution is -1.99. The van der Waals surface area contributed by atoms with E-state index in [0.717, 1.165) is 59.9 Å². The van der Waals surface area contributed by atoms with Crippen molar-refractivity contribution in [2.24, 2.45) is 0 Å². The van der Waals surface area contributed by atoms with Crippen molar-refractivity contribution in [2.45, 2.75) is 46.0 Å². The molecule has 0 spiro atoms. The molecule has 4 rings (SSSR count). The Labute approximate surface area is 229 Å². The number of carbonyl (C=O) groups is 2. The van der Waals surface area contributed by atoms with Gasteiger partial charge in [0.1, 0.15) is 11.5 Å². The Morgan fingerprint density at radius 1 is 0.949 bits per heavy atom. The lowest BCUT2D eigenvalue weighted by atomic mass is 9.88. The highest BCUT2D eigenvalue weighted by Crippen LogP contribution is 2.39. The van der Waals surface area contributed by atoms with E-state index >= 15 is 0 Å². The Bertz CT molecular complexity index is 1480. The third-order valence-corrected chi connectivity index (χ3v) is 7.02. The first kappa shape index (κ1) is 27.6. The molecule has 5 nitrogen and oxygen atoms in total. The normalized spacial score (nSPS) is 10.8. The number of carboxylic acid groups (broad SMARTS) is 1. The van der Waals surface area contributed by atoms with Crippen molar-refractivity contribution in [3.63, 3.8) is 0 Å². The summed E-state index contributed by atoms with van der Waals surface area (Å²) >= 11 is 0. The molecule has 4 aromatic rings. The number of hydrogen-bond donors (Lipinski definition) is 1. The van der Waals surface area contributed by atoms with Gasteiger partial charge in [0.05, 0.1) is 12.2 Å². The van der Waals surface area contributed by atoms with Gasteiger partial charge in [-0.15, -0.1) is 6.58 Å². The van der Waals surface area contributed by atoms with Gasteiger partial charge in [0, 0.05) is 5.56 Å². The fourth-order valence-electron chi connectivity index (χ4n) is 4.92. The van der Waals surface area contributed by atoms with Crippen LogP contribution in [0.2, 0.25) is 0 Å². The van der Waals surface area contributed by atoms with E-state index in [1.54, 1.807) is 24.3 Å². The molecule has 0 aliphatic rings. The van der Waals surface area contributed by atoms with Crippen molar-refractivity contribution in [3.05, 3.63) is 96.1 Å². The quantitative estimate of drug-likeness (QED) is 0.108. The summed E-state index contributed by atoms with van der Waals surface area (Å²) in [5.74, 6) is 0.268. The van der Waals surface area contributed by atoms with Crippen LogP contribution in [0.1, 0.15) is 54.1 Å². The second-order valence-corrected chi connectivity index (χ2v) is 9.60. The molecule has 39 heavy (non-hydrogen) atoms. The first-order chi connectivity index (χ1) is 19.0. The van der Waals surface area contributed by atoms with Gasteiger partial charge in [-0.3, -0.25) is 4.79 Å². The Kier molecular flexibility index (Phi) is 9.16. The first-order valence-electron chi connectivity index (χ1n) is 13.3. The van der Waals surface area contributed by atoms with Gasteiger partial charge in [0.2, 0.25) is 0 Å². The highest BCUT2D eigenvalue weighted by molar-refractivity contribution is 5.94. The van der Waals surface area contributed by atoms with E-state index in [2.05, 4.69) is 38.6 Å². The molecule has 0 unspecified atom stereocenters. The highest BCUT2D eigenvalue weighted by atomic mass is 16.5. The van der Waals surface area contributed by atoms with Crippen molar-refractivity contribution in [3.8, 4) is 33.8 Å². The van der Waals surface area contributed by atoms with Crippen LogP contribution >= 0.6 is 0 Å². The van der Waals surface area contributed by atoms with Gasteiger partial charge in [-0.2, -0.15) is 0 Å². The van der Waals surface area contributed by atoms with Gasteiger partial charge in [-0.1, -0.05) is 49.8 Å². The summed E-state index contributed by atoms with van der Waals surface area (Å²) in [6.07, 6.45) is 6.90. The average molecular weight is 523 g/mol. The van der Waals surface area contributed by atoms with E-state index in [4.69, 9.17) is 9.47 Å². The van der Waals surface area contributed by atoms with Crippen molar-refractivity contribution in [1.82, 2.24) is 0 Å². The van der Waals surface area contributed by atoms with Crippen LogP contribution in [-0.2, 0) is 11.2 Å². The molecule has 0 amide bonds. The standard InChI is InChI=1S/C34H34O5/c1-4-6-8-18-38-28-15-17-30-27(19-28)20-32(23(3)29(30)9-7-5-2)26-14-16-31(33(21-26)39-22-35)24-10-12-25(13-11-24)34(36)37/h4,10-17,19-22H,1,5-9,18H2,2-3H3,(H,36,37). The maximum atomic E-state index is 11.4. The van der Waals surface area contributed by atoms with E-state index in [1.807, 2.05) is 30.3 Å². The summed E-state index contributed by atoms with van der Waals surface area (Å²) in [7, 11) is 0. The van der Waals surface area contributed by atoms with Crippen molar-refractivity contribution >= 4 is 23.2 Å². The number of allylic oxidation sites excluding steroid dienone is 1. The third kappa shape index (κ3) is 6.37. The number of aromatic carboxylic acids is 1. The topological polar surface area (TPSA) is 72.8 Å². The Morgan fingerprint density at radius 3 is 2.41 bits per heavy atom. The van der Waals surface area contributed by atoms with E-state index in [0.29, 0.717) is 24.4 Å². The number of unbranched alkanes of at least 4 members (excludes halogenated alkanes) is 2. The monoisotopic (exact) mass is 522 g/mol. The summed E-state index contributed by atoms with van der Waals surface area (Å²) in [4.78, 5) is 22.7. The number of benzene rings is 4. The van der Waals surface area contributed by atoms with Crippen LogP contribution in [0, 0.1) is 6.92 Å². The molecule has 0 aliphatic carbocycles. The largest absolute Gasteiger partial charge is 0.494 e. The molecule has 0 radical (unpaired) electrons. The average Bonchev–Trinajstić information content (AvgIpc) is 2.95. The number of carbonyl (C=O) groups excluding carboxylic acids is 1. The lowest BCUT2D eigenvalue weighted by Gasteiger charge is -2.18. The van der Waals surface area contributed by atoms with E-state index < -0.39 is 5.97 Å². The maximum Gasteiger partial charge on any atom is 0.335 e. The molecule has 0 saturated heterocycles. The summed E-state index contributed by atoms with van der Waals surface area (Å²) in [6, 6.07) is 20.8. The maximum absolute atomic E-state index is 11.4. The number of fused-ring (bicyclic) bond motifs is 1. The van der Waals surface area contributed by atoms with Gasteiger partial charge in [-0.05, 0) is 108 Å². The van der Waals surface area contributed by atoms with E-state index in [9.17, 15) is 14.7 Å². The zero-order valence-electron chi connectivity index (χ0n) is 22.5. The van der Waals surface area contributed by atoms with Gasteiger partial charge in [0.25, 0.3) is 6.47 Å². The summed E-state index contributed by atoms with van der Waals surface area (Å²) < 4.78 is 11.4. The van der Waals surface area contributed by atoms with Crippen molar-refractivity contribution < 1.29 is 24.2 Å². The smallest absolute Gasteiger partial charge is 0.335 e. The minimum atomic E-state index is -0.989. The van der Waals surface area contributed by atoms with Crippen LogP contribution in [0.5, 0.6) is 11.5 Å². The molecule has 4 aromatic carbocycles. The Hall–Kier alpha value is -4.38. The van der Waals surface area contributed by atoms with Crippen LogP contribution in [0.4, 0.5) is 0 Å². The van der Waals surface area contributed by atoms with Gasteiger partial charge < -0.3 is 14.6 Å². The van der Waals surface area contributed by atoms with Crippen LogP contribution in [0.25, 0.3) is 33.0 Å². The van der Waals surface area contributed by atoms with Crippen molar-refractivity contribution in [1.29, 1.82) is 0 Å². The molecule has 5 heteroatoms. The number of hydrogen-bond acceptors (Lipinski definition) is 4. The molecule has 0 atom stereocenters. The van der Waals surface area contributed by atoms with Crippen LogP contribution in [0.15, 0.2) is 79.4 Å². The minimum Gasteiger partial charge on any atom is -0.494 e.